The zero-order chi connectivity index (χ0) is 28.8. The Labute approximate surface area is 230 Å². The Balaban J connectivity index is 1.28. The van der Waals surface area contributed by atoms with Crippen LogP contribution in [0.25, 0.3) is 21.9 Å². The molecule has 0 spiro atoms. The average Bonchev–Trinajstić information content (AvgIpc) is 3.25. The summed E-state index contributed by atoms with van der Waals surface area (Å²) in [4.78, 5) is 46.7. The van der Waals surface area contributed by atoms with Crippen molar-refractivity contribution in [2.24, 2.45) is 5.92 Å². The summed E-state index contributed by atoms with van der Waals surface area (Å²) in [6, 6.07) is 9.23. The predicted molar refractivity (Wildman–Crippen MR) is 143 cm³/mol. The fraction of sp³-hybridized carbons (Fsp3) is 0.333. The van der Waals surface area contributed by atoms with E-state index in [1.807, 2.05) is 24.3 Å². The Morgan fingerprint density at radius 3 is 2.58 bits per heavy atom. The van der Waals surface area contributed by atoms with Crippen LogP contribution in [-0.2, 0) is 22.2 Å². The van der Waals surface area contributed by atoms with Crippen LogP contribution < -0.4 is 11.4 Å². The van der Waals surface area contributed by atoms with E-state index in [1.165, 1.54) is 11.0 Å². The largest absolute Gasteiger partial charge is 0.481 e. The number of pyridine rings is 1. The Hall–Kier alpha value is -4.06. The number of carboxylic acid groups (broad SMARTS) is 1. The molecule has 1 atom stereocenters. The molecule has 2 aromatic heterocycles. The second-order valence-corrected chi connectivity index (χ2v) is 10.3. The Morgan fingerprint density at radius 2 is 1.90 bits per heavy atom. The number of para-hydroxylation sites is 1. The van der Waals surface area contributed by atoms with Gasteiger partial charge in [0.15, 0.2) is 0 Å². The number of hydrogen-bond donors (Lipinski definition) is 3. The lowest BCUT2D eigenvalue weighted by atomic mass is 9.93. The zero-order valence-electron chi connectivity index (χ0n) is 21.0. The van der Waals surface area contributed by atoms with Crippen molar-refractivity contribution in [1.29, 1.82) is 0 Å². The molecule has 1 amide bonds. The molecule has 1 unspecified atom stereocenters. The average molecular weight is 576 g/mol. The number of piperidine rings is 1. The number of halogens is 4. The number of carbonyl (C=O) groups is 2. The van der Waals surface area contributed by atoms with Gasteiger partial charge in [-0.1, -0.05) is 29.8 Å². The van der Waals surface area contributed by atoms with Gasteiger partial charge >= 0.3 is 17.8 Å². The number of amides is 1. The summed E-state index contributed by atoms with van der Waals surface area (Å²) >= 11 is 5.87. The number of nitrogens with zero attached hydrogens (tertiary/aromatic N) is 3. The summed E-state index contributed by atoms with van der Waals surface area (Å²) in [6.45, 7) is 0.587. The molecule has 1 aliphatic heterocycles. The molecule has 3 heterocycles. The van der Waals surface area contributed by atoms with Crippen molar-refractivity contribution >= 4 is 51.1 Å². The first kappa shape index (κ1) is 27.5. The number of aromatic nitrogens is 3. The lowest BCUT2D eigenvalue weighted by Crippen LogP contribution is -2.41. The number of hydrogen-bond acceptors (Lipinski definition) is 5. The predicted octanol–water partition coefficient (Wildman–Crippen LogP) is 4.63. The fourth-order valence-corrected chi connectivity index (χ4v) is 5.60. The highest BCUT2D eigenvalue weighted by atomic mass is 35.5. The number of benzene rings is 2. The van der Waals surface area contributed by atoms with Crippen LogP contribution in [0.3, 0.4) is 0 Å². The molecule has 0 radical (unpaired) electrons. The molecule has 13 heteroatoms. The molecule has 1 fully saturated rings. The molecular weight excluding hydrogens is 551 g/mol. The lowest BCUT2D eigenvalue weighted by Gasteiger charge is -2.33. The van der Waals surface area contributed by atoms with Crippen LogP contribution in [0.15, 0.2) is 47.4 Å². The van der Waals surface area contributed by atoms with Crippen LogP contribution in [-0.4, -0.2) is 49.5 Å². The number of nitrogens with two attached hydrogens (primary N) is 1. The number of fused-ring (bicyclic) bond motifs is 3. The molecule has 9 nitrogen and oxygen atoms in total. The third-order valence-electron chi connectivity index (χ3n) is 7.40. The number of anilines is 1. The summed E-state index contributed by atoms with van der Waals surface area (Å²) in [7, 11) is 0. The van der Waals surface area contributed by atoms with E-state index >= 15 is 0 Å². The van der Waals surface area contributed by atoms with Gasteiger partial charge in [0.05, 0.1) is 44.9 Å². The van der Waals surface area contributed by atoms with Crippen molar-refractivity contribution < 1.29 is 27.9 Å². The van der Waals surface area contributed by atoms with E-state index in [2.05, 4.69) is 9.97 Å². The summed E-state index contributed by atoms with van der Waals surface area (Å²) in [5, 5.41) is 10.2. The van der Waals surface area contributed by atoms with Gasteiger partial charge in [-0.05, 0) is 43.0 Å². The molecule has 40 heavy (non-hydrogen) atoms. The van der Waals surface area contributed by atoms with Gasteiger partial charge in [-0.15, -0.1) is 0 Å². The lowest BCUT2D eigenvalue weighted by molar-refractivity contribution is -0.146. The molecule has 0 bridgehead atoms. The Morgan fingerprint density at radius 1 is 1.20 bits per heavy atom. The molecule has 4 aromatic rings. The minimum absolute atomic E-state index is 0.0188. The number of carboxylic acids is 1. The molecule has 1 saturated heterocycles. The number of likely N-dealkylation sites (tertiary alicyclic amines) is 1. The second-order valence-electron chi connectivity index (χ2n) is 9.93. The molecule has 4 N–H and O–H groups in total. The van der Waals surface area contributed by atoms with Crippen LogP contribution in [0.2, 0.25) is 5.02 Å². The quantitative estimate of drug-likeness (QED) is 0.287. The number of rotatable bonds is 6. The maximum atomic E-state index is 13.3. The third kappa shape index (κ3) is 5.23. The van der Waals surface area contributed by atoms with E-state index in [4.69, 9.17) is 17.3 Å². The molecular formula is C27H25ClF3N5O4. The number of nitrogen functional groups attached to an aromatic ring is 1. The highest BCUT2D eigenvalue weighted by molar-refractivity contribution is 6.33. The van der Waals surface area contributed by atoms with Crippen molar-refractivity contribution in [3.63, 3.8) is 0 Å². The van der Waals surface area contributed by atoms with Gasteiger partial charge in [0.25, 0.3) is 0 Å². The third-order valence-corrected chi connectivity index (χ3v) is 7.71. The van der Waals surface area contributed by atoms with Crippen LogP contribution in [0, 0.1) is 5.92 Å². The maximum absolute atomic E-state index is 13.3. The molecule has 0 saturated carbocycles. The first-order valence-corrected chi connectivity index (χ1v) is 13.0. The molecule has 210 valence electrons. The molecule has 2 aromatic carbocycles. The van der Waals surface area contributed by atoms with Crippen molar-refractivity contribution in [3.8, 4) is 0 Å². The van der Waals surface area contributed by atoms with Gasteiger partial charge in [0.1, 0.15) is 0 Å². The monoisotopic (exact) mass is 575 g/mol. The maximum Gasteiger partial charge on any atom is 0.418 e. The van der Waals surface area contributed by atoms with E-state index < -0.39 is 41.6 Å². The number of carbonyl (C=O) groups excluding carboxylic acids is 1. The number of H-pyrrole nitrogens is 1. The Kier molecular flexibility index (Phi) is 7.21. The van der Waals surface area contributed by atoms with Gasteiger partial charge < -0.3 is 20.7 Å². The summed E-state index contributed by atoms with van der Waals surface area (Å²) in [6.07, 6.45) is -2.91. The highest BCUT2D eigenvalue weighted by Gasteiger charge is 2.35. The van der Waals surface area contributed by atoms with E-state index in [0.29, 0.717) is 37.0 Å². The van der Waals surface area contributed by atoms with E-state index in [-0.39, 0.29) is 28.7 Å². The molecule has 1 aliphatic rings. The first-order chi connectivity index (χ1) is 18.9. The smallest absolute Gasteiger partial charge is 0.418 e. The van der Waals surface area contributed by atoms with Gasteiger partial charge in [-0.2, -0.15) is 13.2 Å². The van der Waals surface area contributed by atoms with Crippen molar-refractivity contribution in [2.45, 2.75) is 37.9 Å². The second kappa shape index (κ2) is 10.5. The van der Waals surface area contributed by atoms with Crippen LogP contribution in [0.5, 0.6) is 0 Å². The number of nitrogens with one attached hydrogen (secondary N) is 1. The normalized spacial score (nSPS) is 15.6. The van der Waals surface area contributed by atoms with Crippen LogP contribution in [0.1, 0.15) is 36.4 Å². The first-order valence-electron chi connectivity index (χ1n) is 12.6. The highest BCUT2D eigenvalue weighted by Crippen LogP contribution is 2.38. The van der Waals surface area contributed by atoms with Crippen LogP contribution in [0.4, 0.5) is 18.9 Å². The molecule has 0 aliphatic carbocycles. The number of aliphatic carboxylic acids is 1. The standard InChI is InChI=1S/C27H25ClF3N5O4/c28-19-11-14(10-18(23(19)32)27(29,30)31)9-15(25(38)39)12-22(37)35-7-5-16(6-8-35)36-21-13-33-20-4-2-1-3-17(20)24(21)34-26(36)40/h1-4,10-11,13,15-16H,5-9,12,32H2,(H,34,40)(H,38,39). The minimum Gasteiger partial charge on any atom is -0.481 e. The molecule has 5 rings (SSSR count). The number of imidazole rings is 1. The van der Waals surface area contributed by atoms with E-state index in [9.17, 15) is 32.7 Å². The fourth-order valence-electron chi connectivity index (χ4n) is 5.35. The van der Waals surface area contributed by atoms with Gasteiger partial charge in [0.2, 0.25) is 5.91 Å². The van der Waals surface area contributed by atoms with Crippen molar-refractivity contribution in [3.05, 3.63) is 69.2 Å². The summed E-state index contributed by atoms with van der Waals surface area (Å²) in [5.41, 5.74) is 5.53. The summed E-state index contributed by atoms with van der Waals surface area (Å²) < 4.78 is 41.6. The van der Waals surface area contributed by atoms with Gasteiger partial charge in [-0.25, -0.2) is 4.79 Å². The van der Waals surface area contributed by atoms with Crippen molar-refractivity contribution in [1.82, 2.24) is 19.4 Å². The summed E-state index contributed by atoms with van der Waals surface area (Å²) in [5.74, 6) is -3.00. The minimum atomic E-state index is -4.77. The number of alkyl halides is 3. The van der Waals surface area contributed by atoms with Gasteiger partial charge in [0, 0.05) is 30.9 Å². The number of aromatic amines is 1. The SMILES string of the molecule is Nc1c(Cl)cc(CC(CC(=O)N2CCC(n3c(=O)[nH]c4c5ccccc5ncc43)CC2)C(=O)O)cc1C(F)(F)F. The topological polar surface area (TPSA) is 134 Å². The van der Waals surface area contributed by atoms with Crippen LogP contribution >= 0.6 is 11.6 Å². The Bertz CT molecular complexity index is 1670. The van der Waals surface area contributed by atoms with E-state index in [1.54, 1.807) is 10.8 Å². The zero-order valence-corrected chi connectivity index (χ0v) is 21.8. The van der Waals surface area contributed by atoms with Crippen molar-refractivity contribution in [2.75, 3.05) is 18.8 Å². The van der Waals surface area contributed by atoms with E-state index in [0.717, 1.165) is 17.0 Å². The van der Waals surface area contributed by atoms with Gasteiger partial charge in [-0.3, -0.25) is 19.1 Å².